The zero-order valence-corrected chi connectivity index (χ0v) is 14.3. The van der Waals surface area contributed by atoms with Gasteiger partial charge in [0.05, 0.1) is 30.4 Å². The van der Waals surface area contributed by atoms with E-state index in [0.29, 0.717) is 19.8 Å². The van der Waals surface area contributed by atoms with Crippen molar-refractivity contribution < 1.29 is 14.4 Å². The lowest BCUT2D eigenvalue weighted by molar-refractivity contribution is -0.384. The van der Waals surface area contributed by atoms with Gasteiger partial charge in [-0.05, 0) is 11.6 Å². The first-order valence-electron chi connectivity index (χ1n) is 8.01. The number of benzene rings is 2. The summed E-state index contributed by atoms with van der Waals surface area (Å²) in [5, 5.41) is 12.0. The number of aryl methyl sites for hydroxylation is 1. The molecule has 3 aromatic rings. The Morgan fingerprint density at radius 3 is 2.56 bits per heavy atom. The average Bonchev–Trinajstić information content (AvgIpc) is 2.91. The number of hydrogen-bond donors (Lipinski definition) is 0. The van der Waals surface area contributed by atoms with E-state index in [1.54, 1.807) is 19.2 Å². The topological polar surface area (TPSA) is 66.5 Å². The fourth-order valence-corrected chi connectivity index (χ4v) is 3.01. The molecule has 0 radical (unpaired) electrons. The lowest BCUT2D eigenvalue weighted by Crippen LogP contribution is -2.05. The van der Waals surface area contributed by atoms with Gasteiger partial charge in [0.2, 0.25) is 0 Å². The quantitative estimate of drug-likeness (QED) is 0.371. The van der Waals surface area contributed by atoms with Crippen molar-refractivity contribution in [3.05, 3.63) is 64.3 Å². The van der Waals surface area contributed by atoms with Crippen LogP contribution in [0.5, 0.6) is 0 Å². The highest BCUT2D eigenvalue weighted by Gasteiger charge is 2.19. The van der Waals surface area contributed by atoms with Crippen LogP contribution in [0.3, 0.4) is 0 Å². The van der Waals surface area contributed by atoms with Gasteiger partial charge in [-0.25, -0.2) is 0 Å². The van der Waals surface area contributed by atoms with Gasteiger partial charge in [-0.15, -0.1) is 0 Å². The molecular formula is C19H20N2O4. The van der Waals surface area contributed by atoms with E-state index in [2.05, 4.69) is 0 Å². The predicted molar refractivity (Wildman–Crippen MR) is 96.5 cm³/mol. The second-order valence-corrected chi connectivity index (χ2v) is 5.75. The first kappa shape index (κ1) is 17.1. The van der Waals surface area contributed by atoms with E-state index in [-0.39, 0.29) is 10.6 Å². The number of ether oxygens (including phenoxy) is 2. The van der Waals surface area contributed by atoms with Gasteiger partial charge in [-0.1, -0.05) is 30.3 Å². The summed E-state index contributed by atoms with van der Waals surface area (Å²) >= 11 is 0. The average molecular weight is 340 g/mol. The van der Waals surface area contributed by atoms with Crippen molar-refractivity contribution in [2.45, 2.75) is 6.61 Å². The molecule has 0 bridgehead atoms. The first-order chi connectivity index (χ1) is 12.1. The Kier molecular flexibility index (Phi) is 5.11. The fraction of sp³-hybridized carbons (Fsp3) is 0.263. The van der Waals surface area contributed by atoms with Gasteiger partial charge in [0.25, 0.3) is 5.69 Å². The van der Waals surface area contributed by atoms with Crippen LogP contribution in [0.25, 0.3) is 22.0 Å². The second kappa shape index (κ2) is 7.46. The van der Waals surface area contributed by atoms with Gasteiger partial charge in [0.15, 0.2) is 0 Å². The van der Waals surface area contributed by atoms with Gasteiger partial charge < -0.3 is 14.0 Å². The highest BCUT2D eigenvalue weighted by molar-refractivity contribution is 5.99. The number of rotatable bonds is 7. The van der Waals surface area contributed by atoms with Crippen molar-refractivity contribution >= 4 is 16.6 Å². The van der Waals surface area contributed by atoms with Crippen LogP contribution in [0, 0.1) is 10.1 Å². The number of hydrogen-bond acceptors (Lipinski definition) is 4. The van der Waals surface area contributed by atoms with Crippen LogP contribution in [0.1, 0.15) is 5.69 Å². The molecule has 25 heavy (non-hydrogen) atoms. The van der Waals surface area contributed by atoms with E-state index in [1.807, 2.05) is 41.9 Å². The number of nitrogens with zero attached hydrogens (tertiary/aromatic N) is 2. The summed E-state index contributed by atoms with van der Waals surface area (Å²) in [7, 11) is 3.59. The van der Waals surface area contributed by atoms with Crippen LogP contribution in [0.15, 0.2) is 48.5 Å². The van der Waals surface area contributed by atoms with E-state index in [0.717, 1.165) is 27.7 Å². The molecule has 0 aliphatic heterocycles. The van der Waals surface area contributed by atoms with Gasteiger partial charge >= 0.3 is 0 Å². The Bertz CT molecular complexity index is 887. The number of methoxy groups -OCH3 is 1. The minimum atomic E-state index is -0.365. The highest BCUT2D eigenvalue weighted by Crippen LogP contribution is 2.36. The number of nitro groups is 1. The zero-order valence-electron chi connectivity index (χ0n) is 14.3. The number of nitro benzene ring substituents is 1. The Morgan fingerprint density at radius 1 is 1.12 bits per heavy atom. The third kappa shape index (κ3) is 3.40. The van der Waals surface area contributed by atoms with E-state index in [4.69, 9.17) is 9.47 Å². The lowest BCUT2D eigenvalue weighted by atomic mass is 10.0. The molecule has 1 heterocycles. The summed E-state index contributed by atoms with van der Waals surface area (Å²) < 4.78 is 12.8. The van der Waals surface area contributed by atoms with Gasteiger partial charge in [-0.2, -0.15) is 0 Å². The summed E-state index contributed by atoms with van der Waals surface area (Å²) in [4.78, 5) is 10.8. The molecule has 0 N–H and O–H groups in total. The minimum absolute atomic E-state index is 0.0853. The molecular weight excluding hydrogens is 320 g/mol. The molecule has 0 atom stereocenters. The second-order valence-electron chi connectivity index (χ2n) is 5.75. The molecule has 0 amide bonds. The van der Waals surface area contributed by atoms with Crippen molar-refractivity contribution in [1.29, 1.82) is 0 Å². The van der Waals surface area contributed by atoms with Gasteiger partial charge in [0.1, 0.15) is 0 Å². The van der Waals surface area contributed by atoms with Gasteiger partial charge in [-0.3, -0.25) is 10.1 Å². The SMILES string of the molecule is COCCOCc1c(-c2ccccc2)c2cc([N+](=O)[O-])ccc2n1C. The third-order valence-corrected chi connectivity index (χ3v) is 4.25. The normalized spacial score (nSPS) is 11.1. The van der Waals surface area contributed by atoms with E-state index in [1.165, 1.54) is 6.07 Å². The number of non-ortho nitro benzene ring substituents is 1. The van der Waals surface area contributed by atoms with E-state index >= 15 is 0 Å². The number of aromatic nitrogens is 1. The summed E-state index contributed by atoms with van der Waals surface area (Å²) in [6, 6.07) is 14.8. The number of fused-ring (bicyclic) bond motifs is 1. The zero-order chi connectivity index (χ0) is 17.8. The maximum Gasteiger partial charge on any atom is 0.270 e. The molecule has 0 spiro atoms. The van der Waals surface area contributed by atoms with Crippen molar-refractivity contribution in [2.75, 3.05) is 20.3 Å². The molecule has 0 saturated carbocycles. The maximum absolute atomic E-state index is 11.2. The van der Waals surface area contributed by atoms with Crippen molar-refractivity contribution in [2.24, 2.45) is 7.05 Å². The first-order valence-corrected chi connectivity index (χ1v) is 8.01. The van der Waals surface area contributed by atoms with Crippen LogP contribution in [0.4, 0.5) is 5.69 Å². The molecule has 6 heteroatoms. The molecule has 0 unspecified atom stereocenters. The Labute approximate surface area is 145 Å². The predicted octanol–water partition coefficient (Wildman–Crippen LogP) is 3.92. The van der Waals surface area contributed by atoms with Gasteiger partial charge in [0, 0.05) is 42.8 Å². The summed E-state index contributed by atoms with van der Waals surface area (Å²) in [6.07, 6.45) is 0. The van der Waals surface area contributed by atoms with Crippen LogP contribution in [-0.2, 0) is 23.1 Å². The van der Waals surface area contributed by atoms with Crippen molar-refractivity contribution in [3.8, 4) is 11.1 Å². The summed E-state index contributed by atoms with van der Waals surface area (Å²) in [5.41, 5.74) is 3.99. The molecule has 0 aliphatic carbocycles. The van der Waals surface area contributed by atoms with Crippen LogP contribution >= 0.6 is 0 Å². The van der Waals surface area contributed by atoms with E-state index < -0.39 is 0 Å². The molecule has 1 aromatic heterocycles. The largest absolute Gasteiger partial charge is 0.382 e. The Hall–Kier alpha value is -2.70. The van der Waals surface area contributed by atoms with Crippen molar-refractivity contribution in [3.63, 3.8) is 0 Å². The molecule has 0 aliphatic rings. The molecule has 6 nitrogen and oxygen atoms in total. The molecule has 3 rings (SSSR count). The van der Waals surface area contributed by atoms with Crippen LogP contribution in [-0.4, -0.2) is 29.8 Å². The van der Waals surface area contributed by atoms with Crippen LogP contribution < -0.4 is 0 Å². The smallest absolute Gasteiger partial charge is 0.270 e. The maximum atomic E-state index is 11.2. The Morgan fingerprint density at radius 2 is 1.88 bits per heavy atom. The van der Waals surface area contributed by atoms with E-state index in [9.17, 15) is 10.1 Å². The fourth-order valence-electron chi connectivity index (χ4n) is 3.01. The molecule has 2 aromatic carbocycles. The molecule has 0 saturated heterocycles. The van der Waals surface area contributed by atoms with Crippen molar-refractivity contribution in [1.82, 2.24) is 4.57 Å². The lowest BCUT2D eigenvalue weighted by Gasteiger charge is -2.09. The monoisotopic (exact) mass is 340 g/mol. The summed E-state index contributed by atoms with van der Waals surface area (Å²) in [6.45, 7) is 1.43. The Balaban J connectivity index is 2.15. The molecule has 0 fully saturated rings. The highest BCUT2D eigenvalue weighted by atomic mass is 16.6. The summed E-state index contributed by atoms with van der Waals surface area (Å²) in [5.74, 6) is 0. The van der Waals surface area contributed by atoms with Crippen LogP contribution in [0.2, 0.25) is 0 Å². The standard InChI is InChI=1S/C19H20N2O4/c1-20-17-9-8-15(21(22)23)12-16(17)19(14-6-4-3-5-7-14)18(20)13-25-11-10-24-2/h3-9,12H,10-11,13H2,1-2H3. The molecule has 130 valence electrons. The minimum Gasteiger partial charge on any atom is -0.382 e. The third-order valence-electron chi connectivity index (χ3n) is 4.25.